The van der Waals surface area contributed by atoms with Gasteiger partial charge in [0.1, 0.15) is 17.7 Å². The average Bonchev–Trinajstić information content (AvgIpc) is 3.14. The van der Waals surface area contributed by atoms with Crippen molar-refractivity contribution >= 4 is 29.2 Å². The van der Waals surface area contributed by atoms with Crippen LogP contribution in [0, 0.1) is 11.2 Å². The van der Waals surface area contributed by atoms with Gasteiger partial charge >= 0.3 is 0 Å². The van der Waals surface area contributed by atoms with Gasteiger partial charge in [-0.3, -0.25) is 25.2 Å². The molecule has 39 heavy (non-hydrogen) atoms. The number of hydrogen-bond acceptors (Lipinski definition) is 7. The van der Waals surface area contributed by atoms with Gasteiger partial charge in [0, 0.05) is 22.9 Å². The van der Waals surface area contributed by atoms with Crippen LogP contribution in [0.1, 0.15) is 58.7 Å². The van der Waals surface area contributed by atoms with Crippen molar-refractivity contribution in [3.05, 3.63) is 88.7 Å². The number of anilines is 1. The van der Waals surface area contributed by atoms with E-state index in [9.17, 15) is 14.4 Å². The zero-order chi connectivity index (χ0) is 28.3. The lowest BCUT2D eigenvalue weighted by Crippen LogP contribution is -2.48. The highest BCUT2D eigenvalue weighted by Gasteiger charge is 2.38. The summed E-state index contributed by atoms with van der Waals surface area (Å²) < 4.78 is 26.9. The first-order valence-electron chi connectivity index (χ1n) is 12.2. The molecule has 1 aliphatic rings. The van der Waals surface area contributed by atoms with E-state index in [0.29, 0.717) is 16.3 Å². The number of imide groups is 1. The lowest BCUT2D eigenvalue weighted by atomic mass is 10.0. The number of amidine groups is 1. The number of fused-ring (bicyclic) bond motifs is 1. The molecule has 0 saturated heterocycles. The van der Waals surface area contributed by atoms with Crippen LogP contribution in [-0.2, 0) is 4.79 Å². The number of hydrazine groups is 1. The van der Waals surface area contributed by atoms with Crippen LogP contribution in [0.25, 0.3) is 0 Å². The first-order chi connectivity index (χ1) is 18.6. The molecule has 1 atom stereocenters. The predicted octanol–water partition coefficient (Wildman–Crippen LogP) is 3.78. The van der Waals surface area contributed by atoms with Crippen molar-refractivity contribution < 1.29 is 28.2 Å². The maximum Gasteiger partial charge on any atom is 0.280 e. The van der Waals surface area contributed by atoms with Gasteiger partial charge in [0.15, 0.2) is 11.5 Å². The Kier molecular flexibility index (Phi) is 7.80. The summed E-state index contributed by atoms with van der Waals surface area (Å²) in [6.45, 7) is 5.58. The van der Waals surface area contributed by atoms with E-state index < -0.39 is 29.6 Å². The van der Waals surface area contributed by atoms with Gasteiger partial charge in [0.2, 0.25) is 0 Å². The number of hydrogen-bond donors (Lipinski definition) is 4. The van der Waals surface area contributed by atoms with Crippen molar-refractivity contribution in [1.29, 1.82) is 5.41 Å². The standard InChI is InChI=1S/C28H28FN5O5/c1-4-38-22-13-20(21(29)14-23(22)39-15(2)3)24(32-17-11-9-16(10-12-17)25(30)31)26(35)33-34-27(36)18-7-5-6-8-19(18)28(34)37/h5-15,24,32H,4H2,1-3H3,(H3,30,31)(H,33,35). The fourth-order valence-electron chi connectivity index (χ4n) is 4.05. The molecule has 4 rings (SSSR count). The molecule has 0 aliphatic carbocycles. The minimum Gasteiger partial charge on any atom is -0.490 e. The Balaban J connectivity index is 1.72. The van der Waals surface area contributed by atoms with Crippen LogP contribution in [0.3, 0.4) is 0 Å². The number of carbonyl (C=O) groups is 3. The van der Waals surface area contributed by atoms with Crippen LogP contribution in [0.2, 0.25) is 0 Å². The summed E-state index contributed by atoms with van der Waals surface area (Å²) >= 11 is 0. The lowest BCUT2D eigenvalue weighted by molar-refractivity contribution is -0.125. The van der Waals surface area contributed by atoms with Gasteiger partial charge in [-0.2, -0.15) is 5.01 Å². The van der Waals surface area contributed by atoms with Gasteiger partial charge < -0.3 is 20.5 Å². The minimum absolute atomic E-state index is 0.112. The number of halogens is 1. The highest BCUT2D eigenvalue weighted by Crippen LogP contribution is 2.35. The zero-order valence-corrected chi connectivity index (χ0v) is 21.6. The summed E-state index contributed by atoms with van der Waals surface area (Å²) in [4.78, 5) is 39.3. The SMILES string of the molecule is CCOc1cc(C(Nc2ccc(C(=N)N)cc2)C(=O)NN2C(=O)c3ccccc3C2=O)c(F)cc1OC(C)C. The number of nitrogens with two attached hydrogens (primary N) is 1. The van der Waals surface area contributed by atoms with Gasteiger partial charge in [0.05, 0.1) is 23.8 Å². The van der Waals surface area contributed by atoms with Gasteiger partial charge in [-0.05, 0) is 63.2 Å². The molecule has 0 bridgehead atoms. The molecule has 0 saturated carbocycles. The molecule has 0 aromatic heterocycles. The molecule has 0 spiro atoms. The number of nitrogen functional groups attached to an aromatic ring is 1. The lowest BCUT2D eigenvalue weighted by Gasteiger charge is -2.24. The Morgan fingerprint density at radius 1 is 1.03 bits per heavy atom. The van der Waals surface area contributed by atoms with Crippen molar-refractivity contribution in [3.63, 3.8) is 0 Å². The molecule has 0 radical (unpaired) electrons. The summed E-state index contributed by atoms with van der Waals surface area (Å²) in [5.74, 6) is -2.82. The van der Waals surface area contributed by atoms with E-state index >= 15 is 4.39 Å². The summed E-state index contributed by atoms with van der Waals surface area (Å²) in [6.07, 6.45) is -0.264. The van der Waals surface area contributed by atoms with Crippen molar-refractivity contribution in [2.24, 2.45) is 5.73 Å². The van der Waals surface area contributed by atoms with Gasteiger partial charge in [-0.25, -0.2) is 4.39 Å². The second-order valence-corrected chi connectivity index (χ2v) is 8.96. The van der Waals surface area contributed by atoms with Crippen LogP contribution < -0.4 is 25.9 Å². The van der Waals surface area contributed by atoms with E-state index in [1.54, 1.807) is 57.2 Å². The molecule has 3 amide bonds. The van der Waals surface area contributed by atoms with E-state index in [0.717, 1.165) is 6.07 Å². The van der Waals surface area contributed by atoms with Crippen LogP contribution >= 0.6 is 0 Å². The Labute approximate surface area is 224 Å². The first kappa shape index (κ1) is 27.1. The summed E-state index contributed by atoms with van der Waals surface area (Å²) in [5, 5.41) is 11.1. The maximum absolute atomic E-state index is 15.5. The molecular weight excluding hydrogens is 505 g/mol. The molecule has 5 N–H and O–H groups in total. The largest absolute Gasteiger partial charge is 0.490 e. The number of rotatable bonds is 10. The third kappa shape index (κ3) is 5.66. The number of amides is 3. The van der Waals surface area contributed by atoms with Crippen LogP contribution in [-0.4, -0.2) is 41.3 Å². The fraction of sp³-hybridized carbons (Fsp3) is 0.214. The Hall–Kier alpha value is -4.93. The number of carbonyl (C=O) groups excluding carboxylic acids is 3. The molecule has 1 heterocycles. The Morgan fingerprint density at radius 2 is 1.64 bits per heavy atom. The van der Waals surface area contributed by atoms with Crippen LogP contribution in [0.5, 0.6) is 11.5 Å². The molecule has 3 aromatic carbocycles. The second kappa shape index (κ2) is 11.2. The molecule has 1 unspecified atom stereocenters. The highest BCUT2D eigenvalue weighted by atomic mass is 19.1. The van der Waals surface area contributed by atoms with Crippen molar-refractivity contribution in [2.75, 3.05) is 11.9 Å². The van der Waals surface area contributed by atoms with Gasteiger partial charge in [-0.1, -0.05) is 12.1 Å². The zero-order valence-electron chi connectivity index (χ0n) is 21.6. The summed E-state index contributed by atoms with van der Waals surface area (Å²) in [6, 6.07) is 13.5. The van der Waals surface area contributed by atoms with Gasteiger partial charge in [0.25, 0.3) is 17.7 Å². The molecule has 3 aromatic rings. The van der Waals surface area contributed by atoms with E-state index in [-0.39, 0.29) is 46.7 Å². The van der Waals surface area contributed by atoms with Crippen molar-refractivity contribution in [2.45, 2.75) is 32.9 Å². The number of benzene rings is 3. The second-order valence-electron chi connectivity index (χ2n) is 8.96. The van der Waals surface area contributed by atoms with E-state index in [2.05, 4.69) is 10.7 Å². The molecule has 10 nitrogen and oxygen atoms in total. The smallest absolute Gasteiger partial charge is 0.280 e. The predicted molar refractivity (Wildman–Crippen MR) is 142 cm³/mol. The monoisotopic (exact) mass is 533 g/mol. The quantitative estimate of drug-likeness (QED) is 0.176. The van der Waals surface area contributed by atoms with Crippen LogP contribution in [0.4, 0.5) is 10.1 Å². The molecule has 0 fully saturated rings. The highest BCUT2D eigenvalue weighted by molar-refractivity contribution is 6.21. The number of nitrogens with zero attached hydrogens (tertiary/aromatic N) is 1. The van der Waals surface area contributed by atoms with E-state index in [4.69, 9.17) is 20.6 Å². The van der Waals surface area contributed by atoms with E-state index in [1.807, 2.05) is 0 Å². The average molecular weight is 534 g/mol. The Bertz CT molecular complexity index is 1410. The van der Waals surface area contributed by atoms with Crippen LogP contribution in [0.15, 0.2) is 60.7 Å². The third-order valence-corrected chi connectivity index (χ3v) is 5.82. The molecule has 202 valence electrons. The fourth-order valence-corrected chi connectivity index (χ4v) is 4.05. The topological polar surface area (TPSA) is 147 Å². The van der Waals surface area contributed by atoms with E-state index in [1.165, 1.54) is 18.2 Å². The first-order valence-corrected chi connectivity index (χ1v) is 12.2. The normalized spacial score (nSPS) is 13.2. The number of nitrogens with one attached hydrogen (secondary N) is 3. The number of ether oxygens (including phenoxy) is 2. The van der Waals surface area contributed by atoms with Crippen molar-refractivity contribution in [3.8, 4) is 11.5 Å². The minimum atomic E-state index is -1.41. The molecular formula is C28H28FN5O5. The maximum atomic E-state index is 15.5. The third-order valence-electron chi connectivity index (χ3n) is 5.82. The van der Waals surface area contributed by atoms with Crippen molar-refractivity contribution in [1.82, 2.24) is 10.4 Å². The Morgan fingerprint density at radius 3 is 2.18 bits per heavy atom. The van der Waals surface area contributed by atoms with Gasteiger partial charge in [-0.15, -0.1) is 0 Å². The summed E-state index contributed by atoms with van der Waals surface area (Å²) in [7, 11) is 0. The molecule has 1 aliphatic heterocycles. The summed E-state index contributed by atoms with van der Waals surface area (Å²) in [5.41, 5.74) is 8.89. The molecule has 11 heteroatoms.